The van der Waals surface area contributed by atoms with Crippen molar-refractivity contribution in [1.29, 1.82) is 0 Å². The molecule has 11 heavy (non-hydrogen) atoms. The quantitative estimate of drug-likeness (QED) is 0.598. The second-order valence-corrected chi connectivity index (χ2v) is 3.98. The van der Waals surface area contributed by atoms with Gasteiger partial charge in [0, 0.05) is 19.6 Å². The van der Waals surface area contributed by atoms with Gasteiger partial charge in [0.15, 0.2) is 0 Å². The predicted molar refractivity (Wildman–Crippen MR) is 48.5 cm³/mol. The van der Waals surface area contributed by atoms with Crippen LogP contribution in [0.1, 0.15) is 32.6 Å². The fourth-order valence-corrected chi connectivity index (χ4v) is 1.90. The average Bonchev–Trinajstić information content (AvgIpc) is 2.38. The molecule has 0 aromatic carbocycles. The summed E-state index contributed by atoms with van der Waals surface area (Å²) in [5, 5.41) is 3.39. The van der Waals surface area contributed by atoms with Gasteiger partial charge in [-0.3, -0.25) is 0 Å². The molecule has 0 aromatic heterocycles. The van der Waals surface area contributed by atoms with Crippen LogP contribution in [0, 0.1) is 5.41 Å². The molecule has 2 nitrogen and oxygen atoms in total. The molecule has 3 N–H and O–H groups in total. The van der Waals surface area contributed by atoms with Gasteiger partial charge in [0.2, 0.25) is 0 Å². The van der Waals surface area contributed by atoms with Gasteiger partial charge < -0.3 is 11.1 Å². The molecule has 0 amide bonds. The van der Waals surface area contributed by atoms with Gasteiger partial charge in [0.25, 0.3) is 0 Å². The summed E-state index contributed by atoms with van der Waals surface area (Å²) in [5.41, 5.74) is 5.97. The molecule has 1 fully saturated rings. The Hall–Kier alpha value is -0.0800. The molecule has 0 aromatic rings. The number of hydrogen-bond acceptors (Lipinski definition) is 2. The maximum atomic E-state index is 5.39. The highest BCUT2D eigenvalue weighted by Gasteiger charge is 2.27. The van der Waals surface area contributed by atoms with Gasteiger partial charge in [0.05, 0.1) is 0 Å². The Labute approximate surface area is 69.5 Å². The molecule has 2 heteroatoms. The third-order valence-electron chi connectivity index (χ3n) is 2.68. The van der Waals surface area contributed by atoms with Gasteiger partial charge in [0.1, 0.15) is 0 Å². The van der Waals surface area contributed by atoms with Gasteiger partial charge in [-0.2, -0.15) is 0 Å². The molecule has 0 heterocycles. The van der Waals surface area contributed by atoms with Gasteiger partial charge in [-0.15, -0.1) is 0 Å². The van der Waals surface area contributed by atoms with Crippen LogP contribution in [0.4, 0.5) is 0 Å². The van der Waals surface area contributed by atoms with Gasteiger partial charge in [-0.1, -0.05) is 19.8 Å². The first kappa shape index (κ1) is 9.01. The van der Waals surface area contributed by atoms with E-state index in [2.05, 4.69) is 12.2 Å². The molecule has 0 bridgehead atoms. The van der Waals surface area contributed by atoms with Crippen LogP contribution < -0.4 is 11.1 Å². The molecule has 0 aliphatic heterocycles. The molecule has 0 spiro atoms. The van der Waals surface area contributed by atoms with Crippen molar-refractivity contribution in [2.45, 2.75) is 32.6 Å². The Morgan fingerprint density at radius 3 is 2.55 bits per heavy atom. The van der Waals surface area contributed by atoms with Crippen LogP contribution in [0.3, 0.4) is 0 Å². The highest BCUT2D eigenvalue weighted by atomic mass is 14.9. The zero-order valence-corrected chi connectivity index (χ0v) is 7.53. The van der Waals surface area contributed by atoms with Crippen LogP contribution in [0.5, 0.6) is 0 Å². The van der Waals surface area contributed by atoms with Crippen molar-refractivity contribution < 1.29 is 0 Å². The van der Waals surface area contributed by atoms with E-state index in [1.807, 2.05) is 0 Å². The van der Waals surface area contributed by atoms with E-state index in [1.54, 1.807) is 0 Å². The van der Waals surface area contributed by atoms with E-state index < -0.39 is 0 Å². The molecule has 1 saturated carbocycles. The SMILES string of the molecule is CC1(CNCCN)CCCC1. The second-order valence-electron chi connectivity index (χ2n) is 3.98. The molecular formula is C9H20N2. The Balaban J connectivity index is 2.13. The largest absolute Gasteiger partial charge is 0.329 e. The van der Waals surface area contributed by atoms with E-state index in [1.165, 1.54) is 25.7 Å². The van der Waals surface area contributed by atoms with Crippen molar-refractivity contribution in [1.82, 2.24) is 5.32 Å². The van der Waals surface area contributed by atoms with Crippen LogP contribution >= 0.6 is 0 Å². The van der Waals surface area contributed by atoms with Crippen molar-refractivity contribution >= 4 is 0 Å². The summed E-state index contributed by atoms with van der Waals surface area (Å²) in [7, 11) is 0. The molecule has 0 unspecified atom stereocenters. The van der Waals surface area contributed by atoms with Crippen molar-refractivity contribution in [3.8, 4) is 0 Å². The minimum Gasteiger partial charge on any atom is -0.329 e. The molecule has 66 valence electrons. The van der Waals surface area contributed by atoms with Crippen molar-refractivity contribution in [3.05, 3.63) is 0 Å². The Kier molecular flexibility index (Phi) is 3.34. The average molecular weight is 156 g/mol. The first-order valence-corrected chi connectivity index (χ1v) is 4.68. The summed E-state index contributed by atoms with van der Waals surface area (Å²) in [4.78, 5) is 0. The predicted octanol–water partition coefficient (Wildman–Crippen LogP) is 1.11. The lowest BCUT2D eigenvalue weighted by Gasteiger charge is -2.23. The second kappa shape index (κ2) is 4.07. The lowest BCUT2D eigenvalue weighted by Crippen LogP contribution is -2.32. The number of hydrogen-bond donors (Lipinski definition) is 2. The first-order valence-electron chi connectivity index (χ1n) is 4.68. The minimum atomic E-state index is 0.579. The summed E-state index contributed by atoms with van der Waals surface area (Å²) in [6.45, 7) is 5.26. The standard InChI is InChI=1S/C9H20N2/c1-9(4-2-3-5-9)8-11-7-6-10/h11H,2-8,10H2,1H3. The van der Waals surface area contributed by atoms with Crippen molar-refractivity contribution in [2.75, 3.05) is 19.6 Å². The molecule has 1 aliphatic carbocycles. The summed E-state index contributed by atoms with van der Waals surface area (Å²) < 4.78 is 0. The molecule has 1 rings (SSSR count). The van der Waals surface area contributed by atoms with Gasteiger partial charge in [-0.05, 0) is 18.3 Å². The Bertz CT molecular complexity index is 106. The van der Waals surface area contributed by atoms with Gasteiger partial charge in [-0.25, -0.2) is 0 Å². The molecular weight excluding hydrogens is 136 g/mol. The van der Waals surface area contributed by atoms with E-state index >= 15 is 0 Å². The highest BCUT2D eigenvalue weighted by Crippen LogP contribution is 2.36. The zero-order chi connectivity index (χ0) is 8.16. The Morgan fingerprint density at radius 2 is 2.00 bits per heavy atom. The van der Waals surface area contributed by atoms with E-state index in [9.17, 15) is 0 Å². The smallest absolute Gasteiger partial charge is 0.00747 e. The number of rotatable bonds is 4. The maximum absolute atomic E-state index is 5.39. The minimum absolute atomic E-state index is 0.579. The maximum Gasteiger partial charge on any atom is 0.00747 e. The normalized spacial score (nSPS) is 22.4. The topological polar surface area (TPSA) is 38.0 Å². The van der Waals surface area contributed by atoms with Crippen LogP contribution in [0.15, 0.2) is 0 Å². The fourth-order valence-electron chi connectivity index (χ4n) is 1.90. The lowest BCUT2D eigenvalue weighted by molar-refractivity contribution is 0.317. The molecule has 0 saturated heterocycles. The summed E-state index contributed by atoms with van der Waals surface area (Å²) in [5.74, 6) is 0. The van der Waals surface area contributed by atoms with Crippen LogP contribution in [0.2, 0.25) is 0 Å². The van der Waals surface area contributed by atoms with E-state index in [0.717, 1.165) is 19.6 Å². The summed E-state index contributed by atoms with van der Waals surface area (Å²) in [6.07, 6.45) is 5.62. The van der Waals surface area contributed by atoms with E-state index in [4.69, 9.17) is 5.73 Å². The third kappa shape index (κ3) is 2.80. The lowest BCUT2D eigenvalue weighted by atomic mass is 9.89. The highest BCUT2D eigenvalue weighted by molar-refractivity contribution is 4.82. The summed E-state index contributed by atoms with van der Waals surface area (Å²) >= 11 is 0. The van der Waals surface area contributed by atoms with Crippen LogP contribution in [-0.2, 0) is 0 Å². The third-order valence-corrected chi connectivity index (χ3v) is 2.68. The molecule has 0 radical (unpaired) electrons. The first-order chi connectivity index (χ1) is 5.27. The van der Waals surface area contributed by atoms with Gasteiger partial charge >= 0.3 is 0 Å². The van der Waals surface area contributed by atoms with Crippen LogP contribution in [0.25, 0.3) is 0 Å². The summed E-state index contributed by atoms with van der Waals surface area (Å²) in [6, 6.07) is 0. The zero-order valence-electron chi connectivity index (χ0n) is 7.53. The monoisotopic (exact) mass is 156 g/mol. The Morgan fingerprint density at radius 1 is 1.36 bits per heavy atom. The number of nitrogens with two attached hydrogens (primary N) is 1. The van der Waals surface area contributed by atoms with Crippen molar-refractivity contribution in [3.63, 3.8) is 0 Å². The number of nitrogens with one attached hydrogen (secondary N) is 1. The van der Waals surface area contributed by atoms with E-state index in [0.29, 0.717) is 5.41 Å². The van der Waals surface area contributed by atoms with Crippen LogP contribution in [-0.4, -0.2) is 19.6 Å². The fraction of sp³-hybridized carbons (Fsp3) is 1.00. The van der Waals surface area contributed by atoms with Crippen molar-refractivity contribution in [2.24, 2.45) is 11.1 Å². The molecule has 1 aliphatic rings. The molecule has 0 atom stereocenters. The van der Waals surface area contributed by atoms with E-state index in [-0.39, 0.29) is 0 Å².